The summed E-state index contributed by atoms with van der Waals surface area (Å²) in [7, 11) is 0. The van der Waals surface area contributed by atoms with Gasteiger partial charge in [0.25, 0.3) is 0 Å². The lowest BCUT2D eigenvalue weighted by Gasteiger charge is -2.37. The third-order valence-electron chi connectivity index (χ3n) is 7.79. The van der Waals surface area contributed by atoms with Crippen molar-refractivity contribution < 1.29 is 22.6 Å². The summed E-state index contributed by atoms with van der Waals surface area (Å²) in [6, 6.07) is 8.40. The molecule has 0 aliphatic carbocycles. The van der Waals surface area contributed by atoms with Gasteiger partial charge in [0.15, 0.2) is 6.67 Å². The molecule has 1 N–H and O–H groups in total. The number of aromatic amines is 1. The molecule has 2 aromatic heterocycles. The number of rotatable bonds is 6. The Morgan fingerprint density at radius 1 is 1.08 bits per heavy atom. The lowest BCUT2D eigenvalue weighted by atomic mass is 9.90. The molecule has 1 aromatic carbocycles. The number of alkyl halides is 3. The number of nitrogens with one attached hydrogen (secondary N) is 1. The number of halogens is 3. The molecule has 2 fully saturated rings. The monoisotopic (exact) mass is 515 g/mol. The molecular formula is C27H32F3N5O2. The summed E-state index contributed by atoms with van der Waals surface area (Å²) in [5.74, 6) is 1.92. The zero-order valence-electron chi connectivity index (χ0n) is 20.8. The molecule has 0 radical (unpaired) electrons. The number of benzene rings is 1. The molecule has 3 aliphatic heterocycles. The quantitative estimate of drug-likeness (QED) is 0.501. The van der Waals surface area contributed by atoms with E-state index in [1.807, 2.05) is 6.07 Å². The second-order valence-electron chi connectivity index (χ2n) is 10.2. The van der Waals surface area contributed by atoms with Gasteiger partial charge in [0.1, 0.15) is 5.82 Å². The highest BCUT2D eigenvalue weighted by Crippen LogP contribution is 2.36. The molecule has 3 aromatic rings. The number of nitrogens with zero attached hydrogens (tertiary/aromatic N) is 4. The van der Waals surface area contributed by atoms with Crippen LogP contribution in [0.3, 0.4) is 0 Å². The number of para-hydroxylation sites is 1. The van der Waals surface area contributed by atoms with Crippen molar-refractivity contribution in [2.75, 3.05) is 49.3 Å². The first kappa shape index (κ1) is 24.5. The van der Waals surface area contributed by atoms with Crippen molar-refractivity contribution in [3.8, 4) is 0 Å². The van der Waals surface area contributed by atoms with Gasteiger partial charge in [-0.15, -0.1) is 0 Å². The normalized spacial score (nSPS) is 21.4. The largest absolute Gasteiger partial charge is 0.384 e. The maximum absolute atomic E-state index is 13.4. The van der Waals surface area contributed by atoms with Gasteiger partial charge in [0.2, 0.25) is 5.95 Å². The maximum atomic E-state index is 13.4. The van der Waals surface area contributed by atoms with Crippen LogP contribution in [-0.2, 0) is 22.5 Å². The Morgan fingerprint density at radius 3 is 2.76 bits per heavy atom. The van der Waals surface area contributed by atoms with Crippen LogP contribution in [0.1, 0.15) is 48.4 Å². The fraction of sp³-hybridized carbons (Fsp3) is 0.556. The first-order valence-corrected chi connectivity index (χ1v) is 13.2. The lowest BCUT2D eigenvalue weighted by molar-refractivity contribution is -0.271. The van der Waals surface area contributed by atoms with Crippen LogP contribution in [0.4, 0.5) is 24.9 Å². The van der Waals surface area contributed by atoms with E-state index in [-0.39, 0.29) is 0 Å². The molecular weight excluding hydrogens is 483 g/mol. The summed E-state index contributed by atoms with van der Waals surface area (Å²) in [5.41, 5.74) is 4.47. The predicted octanol–water partition coefficient (Wildman–Crippen LogP) is 4.96. The Bertz CT molecular complexity index is 1240. The highest BCUT2D eigenvalue weighted by molar-refractivity contribution is 5.83. The van der Waals surface area contributed by atoms with Crippen LogP contribution in [0.15, 0.2) is 30.5 Å². The number of H-pyrrole nitrogens is 1. The molecule has 0 saturated carbocycles. The van der Waals surface area contributed by atoms with E-state index in [4.69, 9.17) is 19.4 Å². The number of anilines is 2. The van der Waals surface area contributed by atoms with Crippen molar-refractivity contribution in [2.45, 2.75) is 56.8 Å². The van der Waals surface area contributed by atoms with Gasteiger partial charge < -0.3 is 24.3 Å². The van der Waals surface area contributed by atoms with E-state index >= 15 is 0 Å². The molecule has 3 aliphatic rings. The van der Waals surface area contributed by atoms with E-state index in [2.05, 4.69) is 39.2 Å². The molecule has 0 amide bonds. The van der Waals surface area contributed by atoms with Crippen molar-refractivity contribution in [3.63, 3.8) is 0 Å². The maximum Gasteiger partial charge on any atom is 0.384 e. The zero-order chi connectivity index (χ0) is 25.4. The van der Waals surface area contributed by atoms with Gasteiger partial charge in [-0.2, -0.15) is 13.8 Å². The lowest BCUT2D eigenvalue weighted by Crippen LogP contribution is -2.42. The summed E-state index contributed by atoms with van der Waals surface area (Å²) >= 11 is 0. The van der Waals surface area contributed by atoms with Crippen molar-refractivity contribution in [2.24, 2.45) is 0 Å². The van der Waals surface area contributed by atoms with Gasteiger partial charge in [-0.1, -0.05) is 18.2 Å². The zero-order valence-corrected chi connectivity index (χ0v) is 20.8. The third-order valence-corrected chi connectivity index (χ3v) is 7.79. The Morgan fingerprint density at radius 2 is 1.92 bits per heavy atom. The van der Waals surface area contributed by atoms with Crippen LogP contribution in [0.5, 0.6) is 0 Å². The van der Waals surface area contributed by atoms with Gasteiger partial charge in [-0.05, 0) is 37.3 Å². The molecule has 2 saturated heterocycles. The smallest absolute Gasteiger partial charge is 0.376 e. The van der Waals surface area contributed by atoms with Gasteiger partial charge in [0, 0.05) is 61.2 Å². The van der Waals surface area contributed by atoms with Crippen molar-refractivity contribution in [1.29, 1.82) is 0 Å². The van der Waals surface area contributed by atoms with E-state index < -0.39 is 18.9 Å². The first-order chi connectivity index (χ1) is 18.0. The fourth-order valence-corrected chi connectivity index (χ4v) is 5.91. The summed E-state index contributed by atoms with van der Waals surface area (Å²) < 4.78 is 49.8. The average molecular weight is 516 g/mol. The summed E-state index contributed by atoms with van der Waals surface area (Å²) in [6.45, 7) is 2.01. The van der Waals surface area contributed by atoms with Gasteiger partial charge in [-0.25, -0.2) is 9.37 Å². The topological polar surface area (TPSA) is 66.5 Å². The molecule has 198 valence electrons. The van der Waals surface area contributed by atoms with Gasteiger partial charge in [0.05, 0.1) is 25.0 Å². The Hall–Kier alpha value is -2.85. The minimum absolute atomic E-state index is 0.376. The predicted molar refractivity (Wildman–Crippen MR) is 135 cm³/mol. The molecule has 37 heavy (non-hydrogen) atoms. The van der Waals surface area contributed by atoms with Crippen LogP contribution in [-0.4, -0.2) is 66.6 Å². The average Bonchev–Trinajstić information content (AvgIpc) is 3.37. The Balaban J connectivity index is 1.24. The number of fused-ring (bicyclic) bond motifs is 2. The molecule has 0 spiro atoms. The molecule has 10 heteroatoms. The minimum atomic E-state index is -3.72. The second-order valence-corrected chi connectivity index (χ2v) is 10.2. The Kier molecular flexibility index (Phi) is 6.71. The Labute approximate surface area is 214 Å². The van der Waals surface area contributed by atoms with Crippen LogP contribution in [0, 0.1) is 0 Å². The highest BCUT2D eigenvalue weighted by Gasteiger charge is 2.36. The van der Waals surface area contributed by atoms with Crippen molar-refractivity contribution >= 4 is 22.7 Å². The molecule has 1 atom stereocenters. The van der Waals surface area contributed by atoms with E-state index in [1.165, 1.54) is 10.9 Å². The molecule has 1 unspecified atom stereocenters. The number of hydrogen-bond donors (Lipinski definition) is 1. The number of hydrogen-bond acceptors (Lipinski definition) is 6. The second kappa shape index (κ2) is 10.1. The molecule has 6 rings (SSSR count). The summed E-state index contributed by atoms with van der Waals surface area (Å²) in [6.07, 6.45) is 1.39. The fourth-order valence-electron chi connectivity index (χ4n) is 5.91. The van der Waals surface area contributed by atoms with Crippen LogP contribution in [0.25, 0.3) is 10.9 Å². The van der Waals surface area contributed by atoms with Gasteiger partial charge in [-0.3, -0.25) is 0 Å². The van der Waals surface area contributed by atoms with Crippen molar-refractivity contribution in [1.82, 2.24) is 15.0 Å². The van der Waals surface area contributed by atoms with E-state index in [0.29, 0.717) is 45.1 Å². The highest BCUT2D eigenvalue weighted by atomic mass is 19.3. The third kappa shape index (κ3) is 5.01. The van der Waals surface area contributed by atoms with E-state index in [0.717, 1.165) is 60.9 Å². The van der Waals surface area contributed by atoms with Crippen molar-refractivity contribution in [3.05, 3.63) is 47.3 Å². The molecule has 5 heterocycles. The summed E-state index contributed by atoms with van der Waals surface area (Å²) in [4.78, 5) is 17.8. The van der Waals surface area contributed by atoms with Gasteiger partial charge >= 0.3 is 6.11 Å². The summed E-state index contributed by atoms with van der Waals surface area (Å²) in [5, 5.41) is 1.27. The minimum Gasteiger partial charge on any atom is -0.376 e. The number of ether oxygens (including phenoxy) is 2. The molecule has 7 nitrogen and oxygen atoms in total. The van der Waals surface area contributed by atoms with Crippen LogP contribution in [0.2, 0.25) is 0 Å². The first-order valence-electron chi connectivity index (χ1n) is 13.2. The molecule has 0 bridgehead atoms. The van der Waals surface area contributed by atoms with Crippen LogP contribution >= 0.6 is 0 Å². The van der Waals surface area contributed by atoms with E-state index in [1.54, 1.807) is 0 Å². The van der Waals surface area contributed by atoms with E-state index in [9.17, 15) is 13.2 Å². The van der Waals surface area contributed by atoms with Crippen LogP contribution < -0.4 is 9.80 Å². The SMILES string of the molecule is FCC(F)(F)OC1CCN(c2nc(N3CCCC(c4c[nH]c5ccccc45)C3)nc3c2COCC3)CC1. The standard InChI is InChI=1S/C27H32F3N5O2/c28-17-27(29,30)37-19-7-11-34(12-8-19)25-22-16-36-13-9-24(22)32-26(33-25)35-10-3-4-18(15-35)21-14-31-23-6-2-1-5-20(21)23/h1-2,5-6,14,18-19,31H,3-4,7-13,15-17H2. The number of piperidine rings is 2. The number of aromatic nitrogens is 3.